The van der Waals surface area contributed by atoms with Gasteiger partial charge in [-0.3, -0.25) is 4.79 Å². The number of rotatable bonds is 15. The first-order valence-corrected chi connectivity index (χ1v) is 21.2. The minimum Gasteiger partial charge on any atom is -0.489 e. The van der Waals surface area contributed by atoms with Gasteiger partial charge >= 0.3 is 6.09 Å². The van der Waals surface area contributed by atoms with Crippen LogP contribution in [-0.4, -0.2) is 31.8 Å². The Morgan fingerprint density at radius 3 is 2.00 bits per heavy atom. The van der Waals surface area contributed by atoms with Gasteiger partial charge in [0, 0.05) is 5.69 Å². The number of benzene rings is 5. The van der Waals surface area contributed by atoms with E-state index in [2.05, 4.69) is 25.0 Å². The van der Waals surface area contributed by atoms with E-state index in [1.54, 1.807) is 24.3 Å². The summed E-state index contributed by atoms with van der Waals surface area (Å²) in [5, 5.41) is 3.50. The van der Waals surface area contributed by atoms with Gasteiger partial charge in [-0.15, -0.1) is 0 Å². The van der Waals surface area contributed by atoms with E-state index in [-0.39, 0.29) is 18.8 Å². The predicted molar refractivity (Wildman–Crippen MR) is 204 cm³/mol. The summed E-state index contributed by atoms with van der Waals surface area (Å²) in [5.74, 6) is -1.35. The number of nitrogens with zero attached hydrogens (tertiary/aromatic N) is 1. The number of halogens is 2. The van der Waals surface area contributed by atoms with E-state index < -0.39 is 50.2 Å². The van der Waals surface area contributed by atoms with Gasteiger partial charge in [-0.1, -0.05) is 84.9 Å². The highest BCUT2D eigenvalue weighted by atomic mass is 28.4. The lowest BCUT2D eigenvalue weighted by molar-refractivity contribution is -0.134. The van der Waals surface area contributed by atoms with E-state index in [0.717, 1.165) is 22.3 Å². The third kappa shape index (κ3) is 9.97. The zero-order chi connectivity index (χ0) is 37.4. The Hall–Kier alpha value is -5.32. The number of carbonyl (C=O) groups is 2. The smallest absolute Gasteiger partial charge is 0.417 e. The number of nitrogens with one attached hydrogen (secondary N) is 1. The summed E-state index contributed by atoms with van der Waals surface area (Å²) in [6.07, 6.45) is -0.479. The van der Waals surface area contributed by atoms with Crippen LogP contribution in [-0.2, 0) is 20.6 Å². The number of imide groups is 1. The zero-order valence-corrected chi connectivity index (χ0v) is 31.1. The van der Waals surface area contributed by atoms with E-state index >= 15 is 4.79 Å². The zero-order valence-electron chi connectivity index (χ0n) is 30.1. The first-order valence-electron chi connectivity index (χ1n) is 17.8. The summed E-state index contributed by atoms with van der Waals surface area (Å²) in [5.41, 5.74) is 3.95. The fourth-order valence-electron chi connectivity index (χ4n) is 6.58. The van der Waals surface area contributed by atoms with Gasteiger partial charge in [-0.2, -0.15) is 0 Å². The molecular weight excluding hydrogens is 691 g/mol. The van der Waals surface area contributed by atoms with Gasteiger partial charge in [0.2, 0.25) is 5.91 Å². The first-order chi connectivity index (χ1) is 25.5. The molecule has 0 bridgehead atoms. The third-order valence-corrected chi connectivity index (χ3v) is 10.1. The summed E-state index contributed by atoms with van der Waals surface area (Å²) < 4.78 is 46.3. The molecule has 1 aliphatic heterocycles. The van der Waals surface area contributed by atoms with Crippen molar-refractivity contribution in [3.8, 4) is 5.75 Å². The van der Waals surface area contributed by atoms with Crippen LogP contribution in [0.4, 0.5) is 19.3 Å². The Bertz CT molecular complexity index is 1940. The van der Waals surface area contributed by atoms with Gasteiger partial charge in [0.1, 0.15) is 36.6 Å². The van der Waals surface area contributed by atoms with Crippen LogP contribution in [0, 0.1) is 17.6 Å². The molecule has 274 valence electrons. The average Bonchev–Trinajstić information content (AvgIpc) is 3.55. The lowest BCUT2D eigenvalue weighted by atomic mass is 9.85. The summed E-state index contributed by atoms with van der Waals surface area (Å²) in [6, 6.07) is 37.6. The van der Waals surface area contributed by atoms with Crippen molar-refractivity contribution in [1.29, 1.82) is 0 Å². The second-order valence-electron chi connectivity index (χ2n) is 14.1. The van der Waals surface area contributed by atoms with Crippen LogP contribution in [0.3, 0.4) is 0 Å². The number of cyclic esters (lactones) is 1. The van der Waals surface area contributed by atoms with Crippen LogP contribution in [0.25, 0.3) is 0 Å². The molecule has 0 spiro atoms. The molecule has 0 radical (unpaired) electrons. The molecule has 0 aromatic heterocycles. The first kappa shape index (κ1) is 37.4. The van der Waals surface area contributed by atoms with Crippen molar-refractivity contribution < 1.29 is 32.3 Å². The molecule has 1 N–H and O–H groups in total. The molecule has 5 aromatic carbocycles. The predicted octanol–water partition coefficient (Wildman–Crippen LogP) is 10.4. The van der Waals surface area contributed by atoms with E-state index in [9.17, 15) is 13.6 Å². The molecular formula is C43H44F2N2O5Si. The Kier molecular flexibility index (Phi) is 12.0. The Labute approximate surface area is 310 Å². The minimum atomic E-state index is -2.13. The Morgan fingerprint density at radius 1 is 0.792 bits per heavy atom. The van der Waals surface area contributed by atoms with E-state index in [4.69, 9.17) is 13.9 Å². The molecule has 7 nitrogen and oxygen atoms in total. The molecule has 2 amide bonds. The second kappa shape index (κ2) is 17.0. The molecule has 5 aromatic rings. The van der Waals surface area contributed by atoms with Gasteiger partial charge < -0.3 is 19.2 Å². The number of ether oxygens (including phenoxy) is 2. The largest absolute Gasteiger partial charge is 0.489 e. The van der Waals surface area contributed by atoms with E-state index in [0.29, 0.717) is 24.5 Å². The molecule has 1 heterocycles. The van der Waals surface area contributed by atoms with Gasteiger partial charge in [0.15, 0.2) is 8.32 Å². The molecule has 0 unspecified atom stereocenters. The number of hydrogen-bond acceptors (Lipinski definition) is 6. The van der Waals surface area contributed by atoms with Crippen LogP contribution in [0.1, 0.15) is 53.3 Å². The molecule has 1 fully saturated rings. The molecule has 6 rings (SSSR count). The fraction of sp³-hybridized carbons (Fsp3) is 0.256. The SMILES string of the molecule is C[Si](C)(C)O[C@@H](CC[C@@H](C(=O)N1C(=O)OC[C@@H]1c1ccccc1)[C@H](Nc1ccc(F)cc1)c1ccc(OCc2ccccc2)cc1)c1ccc(F)cc1. The van der Waals surface area contributed by atoms with Crippen LogP contribution in [0.5, 0.6) is 5.75 Å². The molecule has 1 aliphatic rings. The standard InChI is InChI=1S/C43H44F2N2O5Si/c1-53(2,3)52-40(32-14-18-34(44)19-15-32)27-26-38(42(48)47-39(29-51-43(47)49)31-12-8-5-9-13-31)41(46-36-22-20-35(45)21-23-36)33-16-24-37(25-17-33)50-28-30-10-6-4-7-11-30/h4-25,38-41,46H,26-29H2,1-3H3/t38-,39-,40+,41-/m1/s1. The van der Waals surface area contributed by atoms with Gasteiger partial charge in [0.25, 0.3) is 0 Å². The van der Waals surface area contributed by atoms with Crippen molar-refractivity contribution in [1.82, 2.24) is 4.90 Å². The molecule has 10 heteroatoms. The van der Waals surface area contributed by atoms with Crippen molar-refractivity contribution >= 4 is 26.0 Å². The highest BCUT2D eigenvalue weighted by molar-refractivity contribution is 6.69. The minimum absolute atomic E-state index is 0.0295. The summed E-state index contributed by atoms with van der Waals surface area (Å²) in [4.78, 5) is 29.7. The topological polar surface area (TPSA) is 77.1 Å². The van der Waals surface area contributed by atoms with Crippen LogP contribution < -0.4 is 10.1 Å². The molecule has 0 saturated carbocycles. The average molecular weight is 735 g/mol. The van der Waals surface area contributed by atoms with Crippen molar-refractivity contribution in [2.45, 2.75) is 57.3 Å². The van der Waals surface area contributed by atoms with Crippen molar-refractivity contribution in [2.24, 2.45) is 5.92 Å². The van der Waals surface area contributed by atoms with E-state index in [1.165, 1.54) is 29.2 Å². The normalized spacial score (nSPS) is 16.1. The Morgan fingerprint density at radius 2 is 1.38 bits per heavy atom. The summed E-state index contributed by atoms with van der Waals surface area (Å²) >= 11 is 0. The van der Waals surface area contributed by atoms with Crippen molar-refractivity contribution in [3.63, 3.8) is 0 Å². The van der Waals surface area contributed by atoms with Crippen LogP contribution in [0.15, 0.2) is 133 Å². The molecule has 1 saturated heterocycles. The van der Waals surface area contributed by atoms with Crippen LogP contribution >= 0.6 is 0 Å². The lowest BCUT2D eigenvalue weighted by Crippen LogP contribution is -2.42. The van der Waals surface area contributed by atoms with Gasteiger partial charge in [-0.25, -0.2) is 18.5 Å². The highest BCUT2D eigenvalue weighted by Crippen LogP contribution is 2.39. The monoisotopic (exact) mass is 734 g/mol. The number of anilines is 1. The number of hydrogen-bond donors (Lipinski definition) is 1. The molecule has 53 heavy (non-hydrogen) atoms. The van der Waals surface area contributed by atoms with Gasteiger partial charge in [0.05, 0.1) is 18.1 Å². The lowest BCUT2D eigenvalue weighted by Gasteiger charge is -2.34. The molecule has 0 aliphatic carbocycles. The third-order valence-electron chi connectivity index (χ3n) is 9.15. The fourth-order valence-corrected chi connectivity index (χ4v) is 7.69. The maximum absolute atomic E-state index is 15.0. The number of amides is 2. The van der Waals surface area contributed by atoms with Crippen molar-refractivity contribution in [3.05, 3.63) is 167 Å². The quantitative estimate of drug-likeness (QED) is 0.108. The highest BCUT2D eigenvalue weighted by Gasteiger charge is 2.44. The van der Waals surface area contributed by atoms with Gasteiger partial charge in [-0.05, 0) is 103 Å². The second-order valence-corrected chi connectivity index (χ2v) is 18.6. The van der Waals surface area contributed by atoms with Crippen LogP contribution in [0.2, 0.25) is 19.6 Å². The molecule has 4 atom stereocenters. The maximum atomic E-state index is 15.0. The maximum Gasteiger partial charge on any atom is 0.417 e. The summed E-state index contributed by atoms with van der Waals surface area (Å²) in [6.45, 7) is 6.66. The van der Waals surface area contributed by atoms with E-state index in [1.807, 2.05) is 84.9 Å². The van der Waals surface area contributed by atoms with Crippen molar-refractivity contribution in [2.75, 3.05) is 11.9 Å². The Balaban J connectivity index is 1.38. The summed E-state index contributed by atoms with van der Waals surface area (Å²) in [7, 11) is -2.13. The number of carbonyl (C=O) groups excluding carboxylic acids is 2.